The molecule has 0 unspecified atom stereocenters. The van der Waals surface area contributed by atoms with E-state index in [-0.39, 0.29) is 29.9 Å². The normalized spacial score (nSPS) is 14.7. The Morgan fingerprint density at radius 3 is 2.64 bits per heavy atom. The number of aliphatic imine (C=N–C) groups is 1. The quantitative estimate of drug-likeness (QED) is 0.320. The Balaban J connectivity index is 0.00000312. The summed E-state index contributed by atoms with van der Waals surface area (Å²) in [5.41, 5.74) is 1.18. The fourth-order valence-electron chi connectivity index (χ4n) is 2.90. The van der Waals surface area contributed by atoms with E-state index in [0.717, 1.165) is 30.8 Å². The molecule has 0 aliphatic heterocycles. The van der Waals surface area contributed by atoms with Crippen LogP contribution in [0.5, 0.6) is 0 Å². The van der Waals surface area contributed by atoms with E-state index in [9.17, 15) is 4.79 Å². The number of hydrogen-bond acceptors (Lipinski definition) is 2. The maximum atomic E-state index is 11.9. The van der Waals surface area contributed by atoms with Gasteiger partial charge in [-0.2, -0.15) is 0 Å². The molecule has 1 saturated carbocycles. The molecule has 0 bridgehead atoms. The second-order valence-electron chi connectivity index (χ2n) is 6.10. The number of hydrogen-bond donors (Lipinski definition) is 3. The van der Waals surface area contributed by atoms with E-state index >= 15 is 0 Å². The predicted octanol–water partition coefficient (Wildman–Crippen LogP) is 3.11. The SMILES string of the molecule is CN=C(NCCC(=O)NC1CCCC1)NCCc1cccc(Cl)c1.I. The highest BCUT2D eigenvalue weighted by Gasteiger charge is 2.16. The van der Waals surface area contributed by atoms with Crippen LogP contribution in [0.25, 0.3) is 0 Å². The lowest BCUT2D eigenvalue weighted by Crippen LogP contribution is -2.41. The summed E-state index contributed by atoms with van der Waals surface area (Å²) in [6.45, 7) is 1.34. The van der Waals surface area contributed by atoms with Gasteiger partial charge in [-0.3, -0.25) is 9.79 Å². The fraction of sp³-hybridized carbons (Fsp3) is 0.556. The van der Waals surface area contributed by atoms with E-state index in [0.29, 0.717) is 25.0 Å². The number of halogens is 2. The highest BCUT2D eigenvalue weighted by Crippen LogP contribution is 2.17. The Morgan fingerprint density at radius 2 is 1.96 bits per heavy atom. The lowest BCUT2D eigenvalue weighted by atomic mass is 10.1. The first kappa shape index (κ1) is 22.0. The van der Waals surface area contributed by atoms with E-state index in [4.69, 9.17) is 11.6 Å². The molecule has 1 fully saturated rings. The number of benzene rings is 1. The van der Waals surface area contributed by atoms with E-state index < -0.39 is 0 Å². The van der Waals surface area contributed by atoms with Crippen LogP contribution >= 0.6 is 35.6 Å². The summed E-state index contributed by atoms with van der Waals surface area (Å²) < 4.78 is 0. The maximum absolute atomic E-state index is 11.9. The van der Waals surface area contributed by atoms with Gasteiger partial charge < -0.3 is 16.0 Å². The molecule has 5 nitrogen and oxygen atoms in total. The molecule has 0 radical (unpaired) electrons. The van der Waals surface area contributed by atoms with E-state index in [1.807, 2.05) is 18.2 Å². The van der Waals surface area contributed by atoms with Crippen molar-refractivity contribution in [1.29, 1.82) is 0 Å². The van der Waals surface area contributed by atoms with Gasteiger partial charge in [-0.15, -0.1) is 24.0 Å². The molecule has 1 aliphatic rings. The van der Waals surface area contributed by atoms with Gasteiger partial charge in [0, 0.05) is 37.6 Å². The average Bonchev–Trinajstić information content (AvgIpc) is 3.06. The van der Waals surface area contributed by atoms with Crippen molar-refractivity contribution in [1.82, 2.24) is 16.0 Å². The van der Waals surface area contributed by atoms with Gasteiger partial charge in [0.05, 0.1) is 0 Å². The summed E-state index contributed by atoms with van der Waals surface area (Å²) in [7, 11) is 1.73. The van der Waals surface area contributed by atoms with Crippen molar-refractivity contribution in [2.45, 2.75) is 44.6 Å². The van der Waals surface area contributed by atoms with Crippen LogP contribution in [0.4, 0.5) is 0 Å². The summed E-state index contributed by atoms with van der Waals surface area (Å²) in [4.78, 5) is 16.0. The van der Waals surface area contributed by atoms with Gasteiger partial charge in [0.1, 0.15) is 0 Å². The molecule has 7 heteroatoms. The molecular formula is C18H28ClIN4O. The minimum Gasteiger partial charge on any atom is -0.356 e. The molecule has 1 aromatic carbocycles. The Labute approximate surface area is 172 Å². The standard InChI is InChI=1S/C18H27ClN4O.HI/c1-20-18(21-11-9-14-5-4-6-15(19)13-14)22-12-10-17(24)23-16-7-2-3-8-16;/h4-6,13,16H,2-3,7-12H2,1H3,(H,23,24)(H2,20,21,22);1H. The zero-order valence-corrected chi connectivity index (χ0v) is 17.8. The Kier molecular flexibility index (Phi) is 10.9. The Hall–Kier alpha value is -1.02. The van der Waals surface area contributed by atoms with E-state index in [2.05, 4.69) is 27.0 Å². The monoisotopic (exact) mass is 478 g/mol. The summed E-state index contributed by atoms with van der Waals surface area (Å²) >= 11 is 5.98. The predicted molar refractivity (Wildman–Crippen MR) is 115 cm³/mol. The molecular weight excluding hydrogens is 451 g/mol. The summed E-state index contributed by atoms with van der Waals surface area (Å²) in [6.07, 6.45) is 6.02. The first-order chi connectivity index (χ1) is 11.7. The maximum Gasteiger partial charge on any atom is 0.221 e. The zero-order chi connectivity index (χ0) is 17.2. The second-order valence-corrected chi connectivity index (χ2v) is 6.54. The lowest BCUT2D eigenvalue weighted by Gasteiger charge is -2.14. The molecule has 140 valence electrons. The van der Waals surface area contributed by atoms with Crippen LogP contribution in [0.2, 0.25) is 5.02 Å². The summed E-state index contributed by atoms with van der Waals surface area (Å²) in [5, 5.41) is 10.3. The van der Waals surface area contributed by atoms with Crippen molar-refractivity contribution < 1.29 is 4.79 Å². The highest BCUT2D eigenvalue weighted by molar-refractivity contribution is 14.0. The van der Waals surface area contributed by atoms with Crippen LogP contribution in [-0.4, -0.2) is 38.0 Å². The van der Waals surface area contributed by atoms with Crippen molar-refractivity contribution in [3.05, 3.63) is 34.9 Å². The van der Waals surface area contributed by atoms with Crippen LogP contribution in [-0.2, 0) is 11.2 Å². The molecule has 1 aromatic rings. The zero-order valence-electron chi connectivity index (χ0n) is 14.7. The third kappa shape index (κ3) is 8.76. The Morgan fingerprint density at radius 1 is 1.24 bits per heavy atom. The van der Waals surface area contributed by atoms with Crippen molar-refractivity contribution >= 4 is 47.4 Å². The topological polar surface area (TPSA) is 65.5 Å². The van der Waals surface area contributed by atoms with Gasteiger partial charge >= 0.3 is 0 Å². The van der Waals surface area contributed by atoms with Gasteiger partial charge in [-0.05, 0) is 37.0 Å². The minimum atomic E-state index is 0. The molecule has 2 rings (SSSR count). The third-order valence-electron chi connectivity index (χ3n) is 4.18. The average molecular weight is 479 g/mol. The molecule has 1 amide bonds. The second kappa shape index (κ2) is 12.4. The molecule has 0 spiro atoms. The van der Waals surface area contributed by atoms with Crippen molar-refractivity contribution in [2.75, 3.05) is 20.1 Å². The van der Waals surface area contributed by atoms with E-state index in [1.165, 1.54) is 18.4 Å². The summed E-state index contributed by atoms with van der Waals surface area (Å²) in [5.74, 6) is 0.828. The number of nitrogens with one attached hydrogen (secondary N) is 3. The Bertz CT molecular complexity index is 562. The number of nitrogens with zero attached hydrogens (tertiary/aromatic N) is 1. The molecule has 0 aromatic heterocycles. The highest BCUT2D eigenvalue weighted by atomic mass is 127. The van der Waals surface area contributed by atoms with Crippen LogP contribution in [0.3, 0.4) is 0 Å². The minimum absolute atomic E-state index is 0. The molecule has 0 heterocycles. The molecule has 3 N–H and O–H groups in total. The van der Waals surface area contributed by atoms with Crippen molar-refractivity contribution in [2.24, 2.45) is 4.99 Å². The first-order valence-electron chi connectivity index (χ1n) is 8.65. The summed E-state index contributed by atoms with van der Waals surface area (Å²) in [6, 6.07) is 8.22. The van der Waals surface area contributed by atoms with Gasteiger partial charge in [-0.1, -0.05) is 36.6 Å². The molecule has 25 heavy (non-hydrogen) atoms. The molecule has 0 saturated heterocycles. The third-order valence-corrected chi connectivity index (χ3v) is 4.42. The molecule has 1 aliphatic carbocycles. The lowest BCUT2D eigenvalue weighted by molar-refractivity contribution is -0.121. The van der Waals surface area contributed by atoms with Crippen molar-refractivity contribution in [3.63, 3.8) is 0 Å². The van der Waals surface area contributed by atoms with E-state index in [1.54, 1.807) is 7.05 Å². The number of carbonyl (C=O) groups excluding carboxylic acids is 1. The molecule has 0 atom stereocenters. The van der Waals surface area contributed by atoms with Crippen molar-refractivity contribution in [3.8, 4) is 0 Å². The van der Waals surface area contributed by atoms with Crippen LogP contribution in [0.1, 0.15) is 37.7 Å². The van der Waals surface area contributed by atoms with Gasteiger partial charge in [0.2, 0.25) is 5.91 Å². The van der Waals surface area contributed by atoms with Gasteiger partial charge in [-0.25, -0.2) is 0 Å². The number of rotatable bonds is 7. The smallest absolute Gasteiger partial charge is 0.221 e. The van der Waals surface area contributed by atoms with Crippen LogP contribution < -0.4 is 16.0 Å². The number of guanidine groups is 1. The number of carbonyl (C=O) groups is 1. The largest absolute Gasteiger partial charge is 0.356 e. The van der Waals surface area contributed by atoms with Gasteiger partial charge in [0.15, 0.2) is 5.96 Å². The van der Waals surface area contributed by atoms with Gasteiger partial charge in [0.25, 0.3) is 0 Å². The van der Waals surface area contributed by atoms with Crippen LogP contribution in [0.15, 0.2) is 29.3 Å². The first-order valence-corrected chi connectivity index (χ1v) is 9.03. The van der Waals surface area contributed by atoms with Crippen LogP contribution in [0, 0.1) is 0 Å². The number of amides is 1. The fourth-order valence-corrected chi connectivity index (χ4v) is 3.12.